The lowest BCUT2D eigenvalue weighted by molar-refractivity contribution is -0.129. The molecule has 17 heavy (non-hydrogen) atoms. The van der Waals surface area contributed by atoms with Crippen molar-refractivity contribution in [2.75, 3.05) is 0 Å². The molecule has 0 heterocycles. The van der Waals surface area contributed by atoms with Gasteiger partial charge in [-0.3, -0.25) is 0 Å². The minimum Gasteiger partial charge on any atom is -0.392 e. The topological polar surface area (TPSA) is 29.5 Å². The highest BCUT2D eigenvalue weighted by Crippen LogP contribution is 2.55. The highest BCUT2D eigenvalue weighted by atomic mass is 127. The van der Waals surface area contributed by atoms with E-state index in [-0.39, 0.29) is 17.1 Å². The maximum Gasteiger partial charge on any atom is 0.0692 e. The number of ether oxygens (including phenoxy) is 1. The highest BCUT2D eigenvalue weighted by Gasteiger charge is 2.54. The molecule has 1 N–H and O–H groups in total. The third-order valence-corrected chi connectivity index (χ3v) is 5.92. The SMILES string of the molecule is CC(C)(C)O[C@H]1CC[C@H]2[C@@H](O)[C@H](I)CC[C@]12C. The number of halogens is 1. The van der Waals surface area contributed by atoms with Crippen LogP contribution < -0.4 is 0 Å². The first-order chi connectivity index (χ1) is 7.74. The lowest BCUT2D eigenvalue weighted by atomic mass is 9.67. The minimum atomic E-state index is -0.136. The molecule has 0 spiro atoms. The fourth-order valence-corrected chi connectivity index (χ4v) is 4.44. The van der Waals surface area contributed by atoms with E-state index >= 15 is 0 Å². The van der Waals surface area contributed by atoms with Crippen LogP contribution in [0.1, 0.15) is 53.4 Å². The van der Waals surface area contributed by atoms with Crippen molar-refractivity contribution in [2.45, 2.75) is 75.1 Å². The summed E-state index contributed by atoms with van der Waals surface area (Å²) in [6.07, 6.45) is 4.74. The summed E-state index contributed by atoms with van der Waals surface area (Å²) in [4.78, 5) is 0. The lowest BCUT2D eigenvalue weighted by Gasteiger charge is -2.46. The van der Waals surface area contributed by atoms with Crippen LogP contribution >= 0.6 is 22.6 Å². The summed E-state index contributed by atoms with van der Waals surface area (Å²) < 4.78 is 6.67. The molecule has 0 amide bonds. The largest absolute Gasteiger partial charge is 0.392 e. The van der Waals surface area contributed by atoms with Gasteiger partial charge >= 0.3 is 0 Å². The Balaban J connectivity index is 2.14. The first-order valence-electron chi connectivity index (χ1n) is 6.74. The molecule has 2 aliphatic carbocycles. The van der Waals surface area contributed by atoms with E-state index in [1.165, 1.54) is 6.42 Å². The molecule has 2 saturated carbocycles. The van der Waals surface area contributed by atoms with Gasteiger partial charge in [-0.2, -0.15) is 0 Å². The molecule has 2 rings (SSSR count). The van der Waals surface area contributed by atoms with E-state index in [9.17, 15) is 5.11 Å². The summed E-state index contributed by atoms with van der Waals surface area (Å²) in [6.45, 7) is 8.71. The maximum absolute atomic E-state index is 10.4. The zero-order valence-corrected chi connectivity index (χ0v) is 13.5. The lowest BCUT2D eigenvalue weighted by Crippen LogP contribution is -2.48. The van der Waals surface area contributed by atoms with Crippen molar-refractivity contribution in [1.82, 2.24) is 0 Å². The number of fused-ring (bicyclic) bond motifs is 1. The second-order valence-electron chi connectivity index (χ2n) is 6.95. The zero-order chi connectivity index (χ0) is 12.8. The highest BCUT2D eigenvalue weighted by molar-refractivity contribution is 14.1. The molecule has 0 aromatic rings. The standard InChI is InChI=1S/C14H25IO2/c1-13(2,3)17-11-6-5-9-12(16)10(15)7-8-14(9,11)4/h9-12,16H,5-8H2,1-4H3/t9-,10+,11-,12+,14-/m0/s1. The first kappa shape index (κ1) is 14.1. The van der Waals surface area contributed by atoms with Crippen LogP contribution in [0.25, 0.3) is 0 Å². The molecule has 0 unspecified atom stereocenters. The van der Waals surface area contributed by atoms with Crippen molar-refractivity contribution in [1.29, 1.82) is 0 Å². The van der Waals surface area contributed by atoms with Gasteiger partial charge in [0.2, 0.25) is 0 Å². The van der Waals surface area contributed by atoms with E-state index in [1.54, 1.807) is 0 Å². The Morgan fingerprint density at radius 2 is 1.88 bits per heavy atom. The van der Waals surface area contributed by atoms with Crippen LogP contribution in [-0.4, -0.2) is 26.8 Å². The van der Waals surface area contributed by atoms with Crippen molar-refractivity contribution in [3.05, 3.63) is 0 Å². The van der Waals surface area contributed by atoms with E-state index in [0.29, 0.717) is 15.9 Å². The number of aliphatic hydroxyl groups excluding tert-OH is 1. The Morgan fingerprint density at radius 3 is 2.47 bits per heavy atom. The van der Waals surface area contributed by atoms with Gasteiger partial charge in [0, 0.05) is 3.92 Å². The van der Waals surface area contributed by atoms with E-state index in [0.717, 1.165) is 19.3 Å². The summed E-state index contributed by atoms with van der Waals surface area (Å²) in [7, 11) is 0. The number of rotatable bonds is 1. The quantitative estimate of drug-likeness (QED) is 0.578. The molecule has 2 fully saturated rings. The molecule has 0 aromatic carbocycles. The minimum absolute atomic E-state index is 0.0747. The predicted molar refractivity (Wildman–Crippen MR) is 78.5 cm³/mol. The fourth-order valence-electron chi connectivity index (χ4n) is 3.63. The van der Waals surface area contributed by atoms with Crippen LogP contribution in [0, 0.1) is 11.3 Å². The van der Waals surface area contributed by atoms with Gasteiger partial charge < -0.3 is 9.84 Å². The van der Waals surface area contributed by atoms with Crippen LogP contribution in [0.4, 0.5) is 0 Å². The number of hydrogen-bond acceptors (Lipinski definition) is 2. The van der Waals surface area contributed by atoms with Crippen LogP contribution in [0.5, 0.6) is 0 Å². The first-order valence-corrected chi connectivity index (χ1v) is 7.98. The Bertz CT molecular complexity index is 286. The fraction of sp³-hybridized carbons (Fsp3) is 1.00. The number of hydrogen-bond donors (Lipinski definition) is 1. The molecule has 0 aromatic heterocycles. The Hall–Kier alpha value is 0.650. The van der Waals surface area contributed by atoms with Crippen molar-refractivity contribution in [2.24, 2.45) is 11.3 Å². The van der Waals surface area contributed by atoms with Gasteiger partial charge in [0.1, 0.15) is 0 Å². The Morgan fingerprint density at radius 1 is 1.24 bits per heavy atom. The summed E-state index contributed by atoms with van der Waals surface area (Å²) in [5.74, 6) is 0.436. The molecule has 0 bridgehead atoms. The van der Waals surface area contributed by atoms with Crippen molar-refractivity contribution < 1.29 is 9.84 Å². The van der Waals surface area contributed by atoms with Crippen LogP contribution in [0.15, 0.2) is 0 Å². The second kappa shape index (κ2) is 4.64. The third-order valence-electron chi connectivity index (χ3n) is 4.56. The summed E-state index contributed by atoms with van der Waals surface area (Å²) >= 11 is 2.41. The average Bonchev–Trinajstić information content (AvgIpc) is 2.50. The smallest absolute Gasteiger partial charge is 0.0692 e. The molecular formula is C14H25IO2. The van der Waals surface area contributed by atoms with Gasteiger partial charge in [0.15, 0.2) is 0 Å². The molecule has 0 aliphatic heterocycles. The van der Waals surface area contributed by atoms with Crippen LogP contribution in [-0.2, 0) is 4.74 Å². The Kier molecular flexibility index (Phi) is 3.84. The monoisotopic (exact) mass is 352 g/mol. The molecule has 3 heteroatoms. The van der Waals surface area contributed by atoms with Gasteiger partial charge in [0.05, 0.1) is 17.8 Å². The van der Waals surface area contributed by atoms with E-state index in [4.69, 9.17) is 4.74 Å². The van der Waals surface area contributed by atoms with E-state index in [1.807, 2.05) is 0 Å². The molecule has 2 nitrogen and oxygen atoms in total. The summed E-state index contributed by atoms with van der Waals surface area (Å²) in [6, 6.07) is 0. The zero-order valence-electron chi connectivity index (χ0n) is 11.4. The molecule has 100 valence electrons. The van der Waals surface area contributed by atoms with Gasteiger partial charge in [-0.05, 0) is 57.8 Å². The summed E-state index contributed by atoms with van der Waals surface area (Å²) in [5.41, 5.74) is 0.114. The second-order valence-corrected chi connectivity index (χ2v) is 8.55. The van der Waals surface area contributed by atoms with Gasteiger partial charge in [-0.25, -0.2) is 0 Å². The van der Waals surface area contributed by atoms with Gasteiger partial charge in [-0.15, -0.1) is 0 Å². The van der Waals surface area contributed by atoms with Crippen molar-refractivity contribution in [3.63, 3.8) is 0 Å². The number of alkyl halides is 1. The van der Waals surface area contributed by atoms with Crippen molar-refractivity contribution in [3.8, 4) is 0 Å². The molecule has 0 radical (unpaired) electrons. The third kappa shape index (κ3) is 2.66. The Labute approximate surface area is 119 Å². The molecule has 0 saturated heterocycles. The normalized spacial score (nSPS) is 46.9. The molecule has 2 aliphatic rings. The van der Waals surface area contributed by atoms with Gasteiger partial charge in [0.25, 0.3) is 0 Å². The van der Waals surface area contributed by atoms with Gasteiger partial charge in [-0.1, -0.05) is 29.5 Å². The number of aliphatic hydroxyl groups is 1. The molecular weight excluding hydrogens is 327 g/mol. The molecule has 5 atom stereocenters. The summed E-state index contributed by atoms with van der Waals surface area (Å²) in [5, 5.41) is 10.4. The van der Waals surface area contributed by atoms with E-state index in [2.05, 4.69) is 50.3 Å². The maximum atomic E-state index is 10.4. The average molecular weight is 352 g/mol. The van der Waals surface area contributed by atoms with Crippen LogP contribution in [0.3, 0.4) is 0 Å². The van der Waals surface area contributed by atoms with Crippen LogP contribution in [0.2, 0.25) is 0 Å². The predicted octanol–water partition coefficient (Wildman–Crippen LogP) is 3.54. The van der Waals surface area contributed by atoms with E-state index < -0.39 is 0 Å². The van der Waals surface area contributed by atoms with Crippen molar-refractivity contribution >= 4 is 22.6 Å².